The Labute approximate surface area is 175 Å². The Kier molecular flexibility index (Phi) is 6.00. The van der Waals surface area contributed by atoms with Crippen molar-refractivity contribution in [2.24, 2.45) is 0 Å². The molecule has 1 aromatic heterocycles. The molecule has 0 N–H and O–H groups in total. The van der Waals surface area contributed by atoms with Gasteiger partial charge in [-0.1, -0.05) is 23.8 Å². The summed E-state index contributed by atoms with van der Waals surface area (Å²) in [5, 5.41) is 0.997. The van der Waals surface area contributed by atoms with Crippen molar-refractivity contribution in [3.8, 4) is 0 Å². The molecule has 0 unspecified atom stereocenters. The molecule has 3 aromatic rings. The fourth-order valence-electron chi connectivity index (χ4n) is 3.53. The summed E-state index contributed by atoms with van der Waals surface area (Å²) in [7, 11) is 0. The van der Waals surface area contributed by atoms with E-state index in [2.05, 4.69) is 57.9 Å². The highest BCUT2D eigenvalue weighted by molar-refractivity contribution is 7.98. The first-order valence-electron chi connectivity index (χ1n) is 9.85. The lowest BCUT2D eigenvalue weighted by Gasteiger charge is -2.36. The van der Waals surface area contributed by atoms with Crippen molar-refractivity contribution < 1.29 is 4.39 Å². The van der Waals surface area contributed by atoms with Gasteiger partial charge in [0.25, 0.3) is 0 Å². The van der Waals surface area contributed by atoms with E-state index in [1.54, 1.807) is 18.1 Å². The van der Waals surface area contributed by atoms with Gasteiger partial charge in [-0.05, 0) is 49.2 Å². The molecule has 150 valence electrons. The summed E-state index contributed by atoms with van der Waals surface area (Å²) in [4.78, 5) is 13.5. The van der Waals surface area contributed by atoms with Crippen molar-refractivity contribution in [3.63, 3.8) is 0 Å². The molecule has 2 heterocycles. The SMILES string of the molecule is Cc1ccc(C)c(CSc2cc(N3CCN(c4ccc(F)cc4)CC3)ncn2)c1. The van der Waals surface area contributed by atoms with Crippen LogP contribution in [0.1, 0.15) is 16.7 Å². The van der Waals surface area contributed by atoms with Gasteiger partial charge in [-0.2, -0.15) is 0 Å². The maximum Gasteiger partial charge on any atom is 0.133 e. The topological polar surface area (TPSA) is 32.3 Å². The van der Waals surface area contributed by atoms with Crippen molar-refractivity contribution in [2.45, 2.75) is 24.6 Å². The number of anilines is 2. The predicted octanol–water partition coefficient (Wildman–Crippen LogP) is 4.85. The van der Waals surface area contributed by atoms with Crippen LogP contribution in [0.5, 0.6) is 0 Å². The molecule has 1 aliphatic heterocycles. The van der Waals surface area contributed by atoms with E-state index in [0.717, 1.165) is 48.5 Å². The van der Waals surface area contributed by atoms with Crippen molar-refractivity contribution in [3.05, 3.63) is 77.4 Å². The summed E-state index contributed by atoms with van der Waals surface area (Å²) in [6, 6.07) is 15.4. The molecular weight excluding hydrogens is 383 g/mol. The van der Waals surface area contributed by atoms with Gasteiger partial charge in [0.1, 0.15) is 23.0 Å². The van der Waals surface area contributed by atoms with E-state index in [4.69, 9.17) is 0 Å². The van der Waals surface area contributed by atoms with Crippen LogP contribution in [-0.4, -0.2) is 36.1 Å². The predicted molar refractivity (Wildman–Crippen MR) is 118 cm³/mol. The minimum absolute atomic E-state index is 0.195. The molecule has 1 aliphatic rings. The maximum atomic E-state index is 13.1. The number of nitrogens with zero attached hydrogens (tertiary/aromatic N) is 4. The average molecular weight is 409 g/mol. The van der Waals surface area contributed by atoms with Crippen LogP contribution in [0.15, 0.2) is 59.9 Å². The van der Waals surface area contributed by atoms with Crippen molar-refractivity contribution in [2.75, 3.05) is 36.0 Å². The van der Waals surface area contributed by atoms with Crippen LogP contribution >= 0.6 is 11.8 Å². The zero-order chi connectivity index (χ0) is 20.2. The van der Waals surface area contributed by atoms with Crippen LogP contribution < -0.4 is 9.80 Å². The standard InChI is InChI=1S/C23H25FN4S/c1-17-3-4-18(2)19(13-17)15-29-23-14-22(25-16-26-23)28-11-9-27(10-12-28)21-7-5-20(24)6-8-21/h3-8,13-14,16H,9-12,15H2,1-2H3. The highest BCUT2D eigenvalue weighted by atomic mass is 32.2. The van der Waals surface area contributed by atoms with Crippen LogP contribution in [0, 0.1) is 19.7 Å². The molecule has 6 heteroatoms. The third-order valence-electron chi connectivity index (χ3n) is 5.30. The average Bonchev–Trinajstić information content (AvgIpc) is 2.75. The monoisotopic (exact) mass is 408 g/mol. The van der Waals surface area contributed by atoms with E-state index in [1.165, 1.54) is 28.8 Å². The highest BCUT2D eigenvalue weighted by Crippen LogP contribution is 2.26. The summed E-state index contributed by atoms with van der Waals surface area (Å²) in [6.07, 6.45) is 1.66. The number of benzene rings is 2. The van der Waals surface area contributed by atoms with Crippen LogP contribution in [0.25, 0.3) is 0 Å². The molecule has 4 rings (SSSR count). The van der Waals surface area contributed by atoms with Gasteiger partial charge in [0.2, 0.25) is 0 Å². The molecule has 0 saturated carbocycles. The zero-order valence-corrected chi connectivity index (χ0v) is 17.6. The first kappa shape index (κ1) is 19.7. The Bertz CT molecular complexity index is 969. The third-order valence-corrected chi connectivity index (χ3v) is 6.28. The van der Waals surface area contributed by atoms with E-state index < -0.39 is 0 Å². The Balaban J connectivity index is 1.37. The molecule has 0 amide bonds. The molecule has 0 aliphatic carbocycles. The Hall–Kier alpha value is -2.60. The van der Waals surface area contributed by atoms with E-state index in [-0.39, 0.29) is 5.82 Å². The second-order valence-electron chi connectivity index (χ2n) is 7.38. The zero-order valence-electron chi connectivity index (χ0n) is 16.8. The Morgan fingerprint density at radius 1 is 0.897 bits per heavy atom. The summed E-state index contributed by atoms with van der Waals surface area (Å²) in [5.74, 6) is 1.68. The lowest BCUT2D eigenvalue weighted by Crippen LogP contribution is -2.46. The van der Waals surface area contributed by atoms with Gasteiger partial charge in [-0.25, -0.2) is 14.4 Å². The second kappa shape index (κ2) is 8.82. The summed E-state index contributed by atoms with van der Waals surface area (Å²) >= 11 is 1.75. The number of rotatable bonds is 5. The number of aryl methyl sites for hydroxylation is 2. The van der Waals surface area contributed by atoms with Gasteiger partial charge in [-0.3, -0.25) is 0 Å². The number of halogens is 1. The van der Waals surface area contributed by atoms with Crippen molar-refractivity contribution >= 4 is 23.3 Å². The van der Waals surface area contributed by atoms with E-state index in [9.17, 15) is 4.39 Å². The molecule has 4 nitrogen and oxygen atoms in total. The van der Waals surface area contributed by atoms with Gasteiger partial charge in [0, 0.05) is 43.7 Å². The molecule has 29 heavy (non-hydrogen) atoms. The normalized spacial score (nSPS) is 14.3. The molecule has 0 atom stereocenters. The first-order chi connectivity index (χ1) is 14.1. The number of piperazine rings is 1. The lowest BCUT2D eigenvalue weighted by atomic mass is 10.1. The van der Waals surface area contributed by atoms with Gasteiger partial charge < -0.3 is 9.80 Å². The molecular formula is C23H25FN4S. The van der Waals surface area contributed by atoms with Crippen LogP contribution in [0.2, 0.25) is 0 Å². The smallest absolute Gasteiger partial charge is 0.133 e. The van der Waals surface area contributed by atoms with Crippen molar-refractivity contribution in [1.29, 1.82) is 0 Å². The summed E-state index contributed by atoms with van der Waals surface area (Å²) < 4.78 is 13.1. The molecule has 2 aromatic carbocycles. The minimum Gasteiger partial charge on any atom is -0.368 e. The maximum absolute atomic E-state index is 13.1. The van der Waals surface area contributed by atoms with Gasteiger partial charge in [-0.15, -0.1) is 11.8 Å². The van der Waals surface area contributed by atoms with E-state index >= 15 is 0 Å². The third kappa shape index (κ3) is 4.88. The van der Waals surface area contributed by atoms with Crippen LogP contribution in [-0.2, 0) is 5.75 Å². The minimum atomic E-state index is -0.195. The first-order valence-corrected chi connectivity index (χ1v) is 10.8. The van der Waals surface area contributed by atoms with Gasteiger partial charge in [0.15, 0.2) is 0 Å². The summed E-state index contributed by atoms with van der Waals surface area (Å²) in [5.41, 5.74) is 5.02. The number of thioether (sulfide) groups is 1. The molecule has 1 fully saturated rings. The van der Waals surface area contributed by atoms with Gasteiger partial charge in [0.05, 0.1) is 0 Å². The second-order valence-corrected chi connectivity index (χ2v) is 8.38. The number of hydrogen-bond acceptors (Lipinski definition) is 5. The van der Waals surface area contributed by atoms with E-state index in [1.807, 2.05) is 12.1 Å². The van der Waals surface area contributed by atoms with Gasteiger partial charge >= 0.3 is 0 Å². The quantitative estimate of drug-likeness (QED) is 0.445. The van der Waals surface area contributed by atoms with E-state index in [0.29, 0.717) is 0 Å². The largest absolute Gasteiger partial charge is 0.368 e. The van der Waals surface area contributed by atoms with Crippen LogP contribution in [0.3, 0.4) is 0 Å². The number of hydrogen-bond donors (Lipinski definition) is 0. The lowest BCUT2D eigenvalue weighted by molar-refractivity contribution is 0.624. The molecule has 0 bridgehead atoms. The van der Waals surface area contributed by atoms with Crippen molar-refractivity contribution in [1.82, 2.24) is 9.97 Å². The fraction of sp³-hybridized carbons (Fsp3) is 0.304. The molecule has 0 spiro atoms. The Morgan fingerprint density at radius 2 is 1.62 bits per heavy atom. The molecule has 0 radical (unpaired) electrons. The summed E-state index contributed by atoms with van der Waals surface area (Å²) in [6.45, 7) is 7.83. The number of aromatic nitrogens is 2. The highest BCUT2D eigenvalue weighted by Gasteiger charge is 2.19. The fourth-order valence-corrected chi connectivity index (χ4v) is 4.46. The molecule has 1 saturated heterocycles. The Morgan fingerprint density at radius 3 is 2.38 bits per heavy atom. The van der Waals surface area contributed by atoms with Crippen LogP contribution in [0.4, 0.5) is 15.9 Å².